The van der Waals surface area contributed by atoms with E-state index in [9.17, 15) is 4.79 Å². The van der Waals surface area contributed by atoms with Gasteiger partial charge >= 0.3 is 0 Å². The minimum absolute atomic E-state index is 0.154. The van der Waals surface area contributed by atoms with Crippen molar-refractivity contribution in [2.45, 2.75) is 13.8 Å². The van der Waals surface area contributed by atoms with E-state index in [2.05, 4.69) is 9.97 Å². The summed E-state index contributed by atoms with van der Waals surface area (Å²) in [5.74, 6) is 1.15. The van der Waals surface area contributed by atoms with E-state index in [1.807, 2.05) is 25.1 Å². The normalized spacial score (nSPS) is 10.3. The summed E-state index contributed by atoms with van der Waals surface area (Å²) in [5.41, 5.74) is 2.54. The van der Waals surface area contributed by atoms with Crippen LogP contribution < -0.4 is 4.74 Å². The highest BCUT2D eigenvalue weighted by Gasteiger charge is 2.16. The van der Waals surface area contributed by atoms with E-state index in [1.54, 1.807) is 14.0 Å². The topological polar surface area (TPSA) is 52.1 Å². The van der Waals surface area contributed by atoms with Crippen LogP contribution in [-0.4, -0.2) is 23.4 Å². The van der Waals surface area contributed by atoms with Crippen LogP contribution in [0.3, 0.4) is 0 Å². The molecule has 0 aliphatic heterocycles. The van der Waals surface area contributed by atoms with Crippen LogP contribution in [0.15, 0.2) is 18.2 Å². The summed E-state index contributed by atoms with van der Waals surface area (Å²) in [4.78, 5) is 19.5. The van der Waals surface area contributed by atoms with Gasteiger partial charge in [0.05, 0.1) is 18.4 Å². The highest BCUT2D eigenvalue weighted by atomic mass is 35.5. The molecule has 0 aliphatic carbocycles. The number of nitrogens with zero attached hydrogens (tertiary/aromatic N) is 2. The van der Waals surface area contributed by atoms with Gasteiger partial charge in [0.15, 0.2) is 6.29 Å². The molecule has 0 aliphatic rings. The summed E-state index contributed by atoms with van der Waals surface area (Å²) in [5, 5.41) is 0.154. The van der Waals surface area contributed by atoms with Gasteiger partial charge in [-0.25, -0.2) is 9.97 Å². The molecule has 1 heterocycles. The van der Waals surface area contributed by atoms with E-state index in [0.717, 1.165) is 11.1 Å². The van der Waals surface area contributed by atoms with E-state index in [0.29, 0.717) is 23.6 Å². The van der Waals surface area contributed by atoms with Gasteiger partial charge in [-0.05, 0) is 26.0 Å². The molecule has 1 aromatic heterocycles. The van der Waals surface area contributed by atoms with Crippen molar-refractivity contribution in [3.8, 4) is 17.0 Å². The highest BCUT2D eigenvalue weighted by Crippen LogP contribution is 2.33. The third-order valence-electron chi connectivity index (χ3n) is 2.74. The third-order valence-corrected chi connectivity index (χ3v) is 3.03. The molecular formula is C14H13ClN2O2. The zero-order chi connectivity index (χ0) is 14.0. The number of aromatic nitrogens is 2. The van der Waals surface area contributed by atoms with Crippen LogP contribution >= 0.6 is 11.6 Å². The Balaban J connectivity index is 2.77. The van der Waals surface area contributed by atoms with Crippen LogP contribution in [0.25, 0.3) is 11.3 Å². The lowest BCUT2D eigenvalue weighted by Gasteiger charge is -2.11. The molecule has 5 heteroatoms. The summed E-state index contributed by atoms with van der Waals surface area (Å²) < 4.78 is 5.31. The molecule has 0 saturated heterocycles. The standard InChI is InChI=1S/C14H13ClN2O2/c1-8-4-5-12(19-3)10(6-8)13-11(7-18)14(15)17-9(2)16-13/h4-7H,1-3H3. The second-order valence-corrected chi connectivity index (χ2v) is 4.50. The Kier molecular flexibility index (Phi) is 3.81. The summed E-state index contributed by atoms with van der Waals surface area (Å²) in [7, 11) is 1.57. The number of halogens is 1. The van der Waals surface area contributed by atoms with Gasteiger partial charge in [0.1, 0.15) is 16.7 Å². The third kappa shape index (κ3) is 2.58. The fourth-order valence-corrected chi connectivity index (χ4v) is 2.12. The first-order valence-electron chi connectivity index (χ1n) is 5.71. The van der Waals surface area contributed by atoms with E-state index in [4.69, 9.17) is 16.3 Å². The number of carbonyl (C=O) groups excluding carboxylic acids is 1. The van der Waals surface area contributed by atoms with Gasteiger partial charge in [-0.15, -0.1) is 0 Å². The Bertz CT molecular complexity index is 642. The maximum absolute atomic E-state index is 11.2. The summed E-state index contributed by atoms with van der Waals surface area (Å²) in [6.07, 6.45) is 0.666. The van der Waals surface area contributed by atoms with Gasteiger partial charge in [0, 0.05) is 5.56 Å². The quantitative estimate of drug-likeness (QED) is 0.638. The van der Waals surface area contributed by atoms with E-state index >= 15 is 0 Å². The maximum atomic E-state index is 11.2. The van der Waals surface area contributed by atoms with Gasteiger partial charge in [-0.2, -0.15) is 0 Å². The molecule has 0 fully saturated rings. The van der Waals surface area contributed by atoms with Crippen molar-refractivity contribution in [2.75, 3.05) is 7.11 Å². The average molecular weight is 277 g/mol. The molecule has 0 atom stereocenters. The predicted octanol–water partition coefficient (Wildman–Crippen LogP) is 3.23. The molecule has 0 N–H and O–H groups in total. The van der Waals surface area contributed by atoms with Crippen molar-refractivity contribution in [1.29, 1.82) is 0 Å². The predicted molar refractivity (Wildman–Crippen MR) is 73.9 cm³/mol. The molecule has 0 bridgehead atoms. The molecule has 2 aromatic rings. The zero-order valence-corrected chi connectivity index (χ0v) is 11.7. The van der Waals surface area contributed by atoms with Crippen molar-refractivity contribution in [3.05, 3.63) is 40.3 Å². The Hall–Kier alpha value is -1.94. The van der Waals surface area contributed by atoms with Crippen LogP contribution in [0.5, 0.6) is 5.75 Å². The number of ether oxygens (including phenoxy) is 1. The van der Waals surface area contributed by atoms with Gasteiger partial charge < -0.3 is 4.74 Å². The average Bonchev–Trinajstić information content (AvgIpc) is 2.37. The lowest BCUT2D eigenvalue weighted by molar-refractivity contribution is 0.112. The van der Waals surface area contributed by atoms with Crippen LogP contribution in [0.1, 0.15) is 21.7 Å². The first kappa shape index (κ1) is 13.5. The minimum Gasteiger partial charge on any atom is -0.496 e. The number of methoxy groups -OCH3 is 1. The SMILES string of the molecule is COc1ccc(C)cc1-c1nc(C)nc(Cl)c1C=O. The smallest absolute Gasteiger partial charge is 0.155 e. The zero-order valence-electron chi connectivity index (χ0n) is 10.9. The largest absolute Gasteiger partial charge is 0.496 e. The highest BCUT2D eigenvalue weighted by molar-refractivity contribution is 6.32. The molecule has 4 nitrogen and oxygen atoms in total. The van der Waals surface area contributed by atoms with Crippen molar-refractivity contribution in [3.63, 3.8) is 0 Å². The number of aryl methyl sites for hydroxylation is 2. The van der Waals surface area contributed by atoms with Crippen LogP contribution in [0.2, 0.25) is 5.15 Å². The second-order valence-electron chi connectivity index (χ2n) is 4.15. The maximum Gasteiger partial charge on any atom is 0.155 e. The van der Waals surface area contributed by atoms with Crippen molar-refractivity contribution in [1.82, 2.24) is 9.97 Å². The Morgan fingerprint density at radius 1 is 1.26 bits per heavy atom. The van der Waals surface area contributed by atoms with Gasteiger partial charge in [-0.3, -0.25) is 4.79 Å². The first-order valence-corrected chi connectivity index (χ1v) is 6.09. The Morgan fingerprint density at radius 3 is 2.63 bits per heavy atom. The van der Waals surface area contributed by atoms with Crippen LogP contribution in [-0.2, 0) is 0 Å². The van der Waals surface area contributed by atoms with E-state index in [1.165, 1.54) is 0 Å². The number of rotatable bonds is 3. The monoisotopic (exact) mass is 276 g/mol. The van der Waals surface area contributed by atoms with E-state index in [-0.39, 0.29) is 10.7 Å². The number of aldehydes is 1. The van der Waals surface area contributed by atoms with Crippen molar-refractivity contribution < 1.29 is 9.53 Å². The number of carbonyl (C=O) groups is 1. The second kappa shape index (κ2) is 5.36. The molecule has 98 valence electrons. The van der Waals surface area contributed by atoms with Gasteiger partial charge in [0.2, 0.25) is 0 Å². The van der Waals surface area contributed by atoms with Crippen molar-refractivity contribution in [2.24, 2.45) is 0 Å². The van der Waals surface area contributed by atoms with Gasteiger partial charge in [0.25, 0.3) is 0 Å². The number of hydrogen-bond acceptors (Lipinski definition) is 4. The fraction of sp³-hybridized carbons (Fsp3) is 0.214. The minimum atomic E-state index is 0.154. The van der Waals surface area contributed by atoms with Crippen LogP contribution in [0, 0.1) is 13.8 Å². The molecule has 1 aromatic carbocycles. The molecule has 0 unspecified atom stereocenters. The number of hydrogen-bond donors (Lipinski definition) is 0. The first-order chi connectivity index (χ1) is 9.06. The Labute approximate surface area is 116 Å². The lowest BCUT2D eigenvalue weighted by atomic mass is 10.0. The molecule has 0 spiro atoms. The summed E-state index contributed by atoms with van der Waals surface area (Å²) in [6, 6.07) is 5.67. The van der Waals surface area contributed by atoms with E-state index < -0.39 is 0 Å². The molecular weight excluding hydrogens is 264 g/mol. The molecule has 19 heavy (non-hydrogen) atoms. The lowest BCUT2D eigenvalue weighted by Crippen LogP contribution is -2.01. The molecule has 0 saturated carbocycles. The molecule has 0 radical (unpaired) electrons. The van der Waals surface area contributed by atoms with Crippen LogP contribution in [0.4, 0.5) is 0 Å². The fourth-order valence-electron chi connectivity index (χ4n) is 1.86. The van der Waals surface area contributed by atoms with Gasteiger partial charge in [-0.1, -0.05) is 23.2 Å². The Morgan fingerprint density at radius 2 is 2.00 bits per heavy atom. The van der Waals surface area contributed by atoms with Crippen molar-refractivity contribution >= 4 is 17.9 Å². The molecule has 2 rings (SSSR count). The number of benzene rings is 1. The summed E-state index contributed by atoms with van der Waals surface area (Å²) >= 11 is 6.00. The molecule has 0 amide bonds. The summed E-state index contributed by atoms with van der Waals surface area (Å²) in [6.45, 7) is 3.69.